The van der Waals surface area contributed by atoms with E-state index in [1.807, 2.05) is 4.57 Å². The minimum absolute atomic E-state index is 0.0232. The average Bonchev–Trinajstić information content (AvgIpc) is 3.31. The van der Waals surface area contributed by atoms with Crippen LogP contribution in [0, 0.1) is 5.82 Å². The smallest absolute Gasteiger partial charge is 0.343 e. The molecule has 0 amide bonds. The van der Waals surface area contributed by atoms with E-state index in [4.69, 9.17) is 14.2 Å². The molecule has 1 atom stereocenters. The fourth-order valence-electron chi connectivity index (χ4n) is 4.71. The summed E-state index contributed by atoms with van der Waals surface area (Å²) >= 11 is 0. The summed E-state index contributed by atoms with van der Waals surface area (Å²) in [4.78, 5) is 25.2. The summed E-state index contributed by atoms with van der Waals surface area (Å²) in [6.45, 7) is 3.02. The molecule has 1 aromatic carbocycles. The van der Waals surface area contributed by atoms with Gasteiger partial charge in [0.2, 0.25) is 5.43 Å². The summed E-state index contributed by atoms with van der Waals surface area (Å²) in [5.74, 6) is -1.69. The first-order valence-electron chi connectivity index (χ1n) is 10.3. The van der Waals surface area contributed by atoms with E-state index >= 15 is 4.39 Å². The lowest BCUT2D eigenvalue weighted by molar-refractivity contribution is -0.151. The summed E-state index contributed by atoms with van der Waals surface area (Å²) in [6, 6.07) is 3.30. The molecule has 1 saturated heterocycles. The predicted octanol–water partition coefficient (Wildman–Crippen LogP) is 3.66. The second kappa shape index (κ2) is 6.92. The van der Waals surface area contributed by atoms with Crippen LogP contribution in [-0.2, 0) is 14.2 Å². The molecule has 0 radical (unpaired) electrons. The van der Waals surface area contributed by atoms with Gasteiger partial charge in [0.1, 0.15) is 11.4 Å². The maximum Gasteiger partial charge on any atom is 0.343 e. The molecule has 0 bridgehead atoms. The van der Waals surface area contributed by atoms with Crippen molar-refractivity contribution in [2.45, 2.75) is 56.8 Å². The van der Waals surface area contributed by atoms with E-state index < -0.39 is 23.0 Å². The third kappa shape index (κ3) is 3.16. The van der Waals surface area contributed by atoms with E-state index in [-0.39, 0.29) is 29.5 Å². The van der Waals surface area contributed by atoms with Crippen LogP contribution < -0.4 is 5.43 Å². The fraction of sp³-hybridized carbons (Fsp3) is 0.545. The molecule has 2 aliphatic carbocycles. The van der Waals surface area contributed by atoms with Gasteiger partial charge < -0.3 is 18.8 Å². The van der Waals surface area contributed by atoms with E-state index in [1.165, 1.54) is 6.07 Å². The number of hydrogen-bond donors (Lipinski definition) is 0. The molecule has 0 N–H and O–H groups in total. The molecule has 2 heterocycles. The number of benzene rings is 1. The molecule has 3 aliphatic rings. The number of carbonyl (C=O) groups is 1. The maximum absolute atomic E-state index is 15.1. The molecule has 5 rings (SSSR count). The lowest BCUT2D eigenvalue weighted by Gasteiger charge is -2.22. The summed E-state index contributed by atoms with van der Waals surface area (Å²) in [7, 11) is 0. The normalized spacial score (nSPS) is 23.2. The second-order valence-electron chi connectivity index (χ2n) is 8.17. The first-order chi connectivity index (χ1) is 14.0. The van der Waals surface area contributed by atoms with Crippen LogP contribution >= 0.6 is 0 Å². The Morgan fingerprint density at radius 2 is 2.03 bits per heavy atom. The molecule has 1 aromatic heterocycles. The van der Waals surface area contributed by atoms with E-state index in [1.54, 1.807) is 19.2 Å². The van der Waals surface area contributed by atoms with Gasteiger partial charge in [-0.25, -0.2) is 9.18 Å². The molecule has 1 aliphatic heterocycles. The van der Waals surface area contributed by atoms with Gasteiger partial charge in [-0.1, -0.05) is 0 Å². The number of hydrogen-bond acceptors (Lipinski definition) is 5. The van der Waals surface area contributed by atoms with Crippen molar-refractivity contribution in [3.05, 3.63) is 45.5 Å². The number of nitrogens with zero attached hydrogens (tertiary/aromatic N) is 1. The van der Waals surface area contributed by atoms with Gasteiger partial charge in [-0.3, -0.25) is 4.79 Å². The first-order valence-corrected chi connectivity index (χ1v) is 10.3. The van der Waals surface area contributed by atoms with Crippen LogP contribution in [-0.4, -0.2) is 36.1 Å². The predicted molar refractivity (Wildman–Crippen MR) is 104 cm³/mol. The van der Waals surface area contributed by atoms with E-state index in [0.717, 1.165) is 25.7 Å². The van der Waals surface area contributed by atoms with Crippen molar-refractivity contribution in [1.82, 2.24) is 4.57 Å². The van der Waals surface area contributed by atoms with Gasteiger partial charge in [-0.2, -0.15) is 0 Å². The van der Waals surface area contributed by atoms with Crippen LogP contribution in [0.1, 0.15) is 66.9 Å². The minimum atomic E-state index is -0.661. The Balaban J connectivity index is 1.61. The molecule has 6 nitrogen and oxygen atoms in total. The number of rotatable bonds is 4. The second-order valence-corrected chi connectivity index (χ2v) is 8.17. The quantitative estimate of drug-likeness (QED) is 0.732. The van der Waals surface area contributed by atoms with Gasteiger partial charge in [0, 0.05) is 30.5 Å². The number of halogens is 1. The highest BCUT2D eigenvalue weighted by Gasteiger charge is 2.45. The van der Waals surface area contributed by atoms with E-state index in [9.17, 15) is 9.59 Å². The van der Waals surface area contributed by atoms with Crippen molar-refractivity contribution >= 4 is 16.9 Å². The van der Waals surface area contributed by atoms with Gasteiger partial charge in [0.15, 0.2) is 5.79 Å². The zero-order valence-corrected chi connectivity index (χ0v) is 16.4. The summed E-state index contributed by atoms with van der Waals surface area (Å²) in [6.07, 6.45) is 5.66. The highest BCUT2D eigenvalue weighted by molar-refractivity contribution is 5.94. The van der Waals surface area contributed by atoms with Gasteiger partial charge >= 0.3 is 5.97 Å². The van der Waals surface area contributed by atoms with Crippen molar-refractivity contribution in [3.63, 3.8) is 0 Å². The third-order valence-electron chi connectivity index (χ3n) is 6.27. The van der Waals surface area contributed by atoms with E-state index in [0.29, 0.717) is 30.7 Å². The lowest BCUT2D eigenvalue weighted by atomic mass is 9.94. The molecule has 154 valence electrons. The van der Waals surface area contributed by atoms with Crippen molar-refractivity contribution in [3.8, 4) is 0 Å². The SMILES string of the molecule is CCOC(=O)c1cn(C2CC2)c2cc(C3CCC4(C3)OCCO4)c(F)cc2c1=O. The van der Waals surface area contributed by atoms with Gasteiger partial charge in [0.25, 0.3) is 0 Å². The number of carbonyl (C=O) groups excluding carboxylic acids is 1. The zero-order chi connectivity index (χ0) is 20.2. The standard InChI is InChI=1S/C22H24FNO5/c1-2-27-21(26)17-12-24(14-3-4-14)19-10-15(18(23)9-16(19)20(17)25)13-5-6-22(11-13)28-7-8-29-22/h9-10,12-14H,2-8,11H2,1H3. The van der Waals surface area contributed by atoms with Crippen LogP contribution in [0.3, 0.4) is 0 Å². The lowest BCUT2D eigenvalue weighted by Crippen LogP contribution is -2.25. The van der Waals surface area contributed by atoms with Crippen molar-refractivity contribution < 1.29 is 23.4 Å². The zero-order valence-electron chi connectivity index (χ0n) is 16.4. The van der Waals surface area contributed by atoms with E-state index in [2.05, 4.69) is 0 Å². The Hall–Kier alpha value is -2.25. The van der Waals surface area contributed by atoms with Crippen LogP contribution in [0.2, 0.25) is 0 Å². The monoisotopic (exact) mass is 401 g/mol. The van der Waals surface area contributed by atoms with Gasteiger partial charge in [-0.05, 0) is 49.8 Å². The molecule has 3 fully saturated rings. The van der Waals surface area contributed by atoms with Crippen molar-refractivity contribution in [1.29, 1.82) is 0 Å². The Morgan fingerprint density at radius 3 is 2.72 bits per heavy atom. The Kier molecular flexibility index (Phi) is 4.47. The molecular weight excluding hydrogens is 377 g/mol. The number of fused-ring (bicyclic) bond motifs is 1. The number of esters is 1. The Bertz CT molecular complexity index is 1040. The molecule has 2 saturated carbocycles. The maximum atomic E-state index is 15.1. The molecule has 7 heteroatoms. The number of aromatic nitrogens is 1. The van der Waals surface area contributed by atoms with Gasteiger partial charge in [-0.15, -0.1) is 0 Å². The average molecular weight is 401 g/mol. The van der Waals surface area contributed by atoms with Crippen molar-refractivity contribution in [2.75, 3.05) is 19.8 Å². The minimum Gasteiger partial charge on any atom is -0.462 e. The van der Waals surface area contributed by atoms with Crippen LogP contribution in [0.5, 0.6) is 0 Å². The topological polar surface area (TPSA) is 66.8 Å². The molecule has 1 spiro atoms. The Labute approximate surface area is 167 Å². The molecule has 2 aromatic rings. The fourth-order valence-corrected chi connectivity index (χ4v) is 4.71. The number of ether oxygens (including phenoxy) is 3. The van der Waals surface area contributed by atoms with Crippen LogP contribution in [0.4, 0.5) is 4.39 Å². The highest BCUT2D eigenvalue weighted by atomic mass is 19.1. The van der Waals surface area contributed by atoms with Crippen LogP contribution in [0.25, 0.3) is 10.9 Å². The summed E-state index contributed by atoms with van der Waals surface area (Å²) in [5, 5.41) is 0.227. The summed E-state index contributed by atoms with van der Waals surface area (Å²) in [5.41, 5.74) is 0.749. The highest BCUT2D eigenvalue weighted by Crippen LogP contribution is 2.47. The molecular formula is C22H24FNO5. The number of pyridine rings is 1. The van der Waals surface area contributed by atoms with Gasteiger partial charge in [0.05, 0.1) is 25.3 Å². The summed E-state index contributed by atoms with van der Waals surface area (Å²) < 4.78 is 33.7. The van der Waals surface area contributed by atoms with Crippen LogP contribution in [0.15, 0.2) is 23.1 Å². The first kappa shape index (κ1) is 18.8. The third-order valence-corrected chi connectivity index (χ3v) is 6.27. The molecule has 1 unspecified atom stereocenters. The largest absolute Gasteiger partial charge is 0.462 e. The Morgan fingerprint density at radius 1 is 1.28 bits per heavy atom. The van der Waals surface area contributed by atoms with Crippen molar-refractivity contribution in [2.24, 2.45) is 0 Å². The molecule has 29 heavy (non-hydrogen) atoms.